The lowest BCUT2D eigenvalue weighted by atomic mass is 10.3. The molecular weight excluding hydrogens is 244 g/mol. The predicted molar refractivity (Wildman–Crippen MR) is 62.1 cm³/mol. The number of hydrogen-bond acceptors (Lipinski definition) is 4. The van der Waals surface area contributed by atoms with Crippen LogP contribution in [0.25, 0.3) is 0 Å². The first-order valence-corrected chi connectivity index (χ1v) is 5.02. The number of pyridine rings is 1. The second kappa shape index (κ2) is 4.75. The molecule has 0 saturated carbocycles. The fourth-order valence-corrected chi connectivity index (χ4v) is 1.28. The minimum Gasteiger partial charge on any atom is -0.318 e. The van der Waals surface area contributed by atoms with Crippen molar-refractivity contribution in [1.82, 2.24) is 15.0 Å². The van der Waals surface area contributed by atoms with Gasteiger partial charge in [0.25, 0.3) is 5.91 Å². The molecule has 0 bridgehead atoms. The van der Waals surface area contributed by atoms with Gasteiger partial charge in [0, 0.05) is 12.3 Å². The summed E-state index contributed by atoms with van der Waals surface area (Å²) in [5.41, 5.74) is -0.231. The first kappa shape index (κ1) is 11.3. The van der Waals surface area contributed by atoms with E-state index in [-0.39, 0.29) is 22.4 Å². The standard InChI is InChI=1S/C10H7ClN4O2/c11-7-4-5-12-10(14-7)15-9(17)6-2-1-3-8(16)13-6/h1-5H,(H,13,16)(H,12,14,15,17). The molecular formula is C10H7ClN4O2. The molecule has 2 N–H and O–H groups in total. The molecule has 7 heteroatoms. The summed E-state index contributed by atoms with van der Waals surface area (Å²) in [4.78, 5) is 32.7. The van der Waals surface area contributed by atoms with Crippen LogP contribution >= 0.6 is 11.6 Å². The van der Waals surface area contributed by atoms with Crippen molar-refractivity contribution in [2.45, 2.75) is 0 Å². The van der Waals surface area contributed by atoms with Gasteiger partial charge in [0.1, 0.15) is 10.8 Å². The number of H-pyrrole nitrogens is 1. The number of hydrogen-bond donors (Lipinski definition) is 2. The van der Waals surface area contributed by atoms with Crippen molar-refractivity contribution >= 4 is 23.5 Å². The highest BCUT2D eigenvalue weighted by atomic mass is 35.5. The summed E-state index contributed by atoms with van der Waals surface area (Å²) >= 11 is 5.64. The second-order valence-corrected chi connectivity index (χ2v) is 3.47. The van der Waals surface area contributed by atoms with E-state index < -0.39 is 5.91 Å². The largest absolute Gasteiger partial charge is 0.318 e. The highest BCUT2D eigenvalue weighted by molar-refractivity contribution is 6.29. The van der Waals surface area contributed by atoms with E-state index in [0.29, 0.717) is 0 Å². The third-order valence-corrected chi connectivity index (χ3v) is 2.07. The number of carbonyl (C=O) groups is 1. The van der Waals surface area contributed by atoms with E-state index in [1.807, 2.05) is 0 Å². The zero-order valence-corrected chi connectivity index (χ0v) is 9.23. The van der Waals surface area contributed by atoms with Crippen LogP contribution in [0, 0.1) is 0 Å². The van der Waals surface area contributed by atoms with Gasteiger partial charge in [-0.05, 0) is 12.1 Å². The molecule has 0 aromatic carbocycles. The van der Waals surface area contributed by atoms with Crippen molar-refractivity contribution in [2.75, 3.05) is 5.32 Å². The molecule has 0 fully saturated rings. The molecule has 0 saturated heterocycles. The molecule has 0 unspecified atom stereocenters. The molecule has 0 atom stereocenters. The Bertz CT molecular complexity index is 611. The molecule has 1 amide bonds. The summed E-state index contributed by atoms with van der Waals surface area (Å²) in [7, 11) is 0. The zero-order valence-electron chi connectivity index (χ0n) is 8.48. The van der Waals surface area contributed by atoms with E-state index in [0.717, 1.165) is 0 Å². The van der Waals surface area contributed by atoms with E-state index >= 15 is 0 Å². The van der Waals surface area contributed by atoms with E-state index in [1.54, 1.807) is 0 Å². The molecule has 2 heterocycles. The molecule has 0 aliphatic heterocycles. The Labute approximate surface area is 101 Å². The van der Waals surface area contributed by atoms with Gasteiger partial charge in [0.15, 0.2) is 0 Å². The van der Waals surface area contributed by atoms with Crippen LogP contribution in [-0.4, -0.2) is 20.9 Å². The Morgan fingerprint density at radius 2 is 2.18 bits per heavy atom. The fraction of sp³-hybridized carbons (Fsp3) is 0. The van der Waals surface area contributed by atoms with Gasteiger partial charge in [-0.2, -0.15) is 0 Å². The van der Waals surface area contributed by atoms with Gasteiger partial charge in [-0.15, -0.1) is 0 Å². The Hall–Kier alpha value is -2.21. The molecule has 17 heavy (non-hydrogen) atoms. The van der Waals surface area contributed by atoms with E-state index in [2.05, 4.69) is 20.3 Å². The molecule has 0 spiro atoms. The molecule has 2 aromatic rings. The molecule has 6 nitrogen and oxygen atoms in total. The molecule has 0 radical (unpaired) electrons. The van der Waals surface area contributed by atoms with Crippen molar-refractivity contribution in [3.05, 3.63) is 51.7 Å². The normalized spacial score (nSPS) is 9.94. The maximum absolute atomic E-state index is 11.7. The van der Waals surface area contributed by atoms with Crippen LogP contribution in [-0.2, 0) is 0 Å². The zero-order chi connectivity index (χ0) is 12.3. The van der Waals surface area contributed by atoms with Gasteiger partial charge < -0.3 is 4.98 Å². The lowest BCUT2D eigenvalue weighted by Crippen LogP contribution is -2.19. The van der Waals surface area contributed by atoms with Crippen molar-refractivity contribution < 1.29 is 4.79 Å². The highest BCUT2D eigenvalue weighted by Crippen LogP contribution is 2.06. The fourth-order valence-electron chi connectivity index (χ4n) is 1.15. The van der Waals surface area contributed by atoms with Crippen LogP contribution in [0.5, 0.6) is 0 Å². The SMILES string of the molecule is O=C(Nc1nccc(Cl)n1)c1cccc(=O)[nH]1. The minimum absolute atomic E-state index is 0.0761. The monoisotopic (exact) mass is 250 g/mol. The van der Waals surface area contributed by atoms with Crippen LogP contribution < -0.4 is 10.9 Å². The van der Waals surface area contributed by atoms with E-state index in [4.69, 9.17) is 11.6 Å². The Morgan fingerprint density at radius 1 is 1.35 bits per heavy atom. The third kappa shape index (κ3) is 2.88. The number of halogens is 1. The van der Waals surface area contributed by atoms with Crippen LogP contribution in [0.2, 0.25) is 5.15 Å². The summed E-state index contributed by atoms with van der Waals surface area (Å²) in [5.74, 6) is -0.433. The Kier molecular flexibility index (Phi) is 3.15. The number of anilines is 1. The minimum atomic E-state index is -0.509. The van der Waals surface area contributed by atoms with Gasteiger partial charge in [0.2, 0.25) is 11.5 Å². The van der Waals surface area contributed by atoms with Crippen LogP contribution in [0.1, 0.15) is 10.5 Å². The van der Waals surface area contributed by atoms with Crippen LogP contribution in [0.3, 0.4) is 0 Å². The van der Waals surface area contributed by atoms with Gasteiger partial charge in [-0.3, -0.25) is 14.9 Å². The van der Waals surface area contributed by atoms with Crippen molar-refractivity contribution in [3.8, 4) is 0 Å². The van der Waals surface area contributed by atoms with Crippen molar-refractivity contribution in [1.29, 1.82) is 0 Å². The molecule has 86 valence electrons. The van der Waals surface area contributed by atoms with Gasteiger partial charge in [-0.25, -0.2) is 9.97 Å². The van der Waals surface area contributed by atoms with Crippen molar-refractivity contribution in [3.63, 3.8) is 0 Å². The van der Waals surface area contributed by atoms with E-state index in [1.165, 1.54) is 30.5 Å². The maximum atomic E-state index is 11.7. The average molecular weight is 251 g/mol. The highest BCUT2D eigenvalue weighted by Gasteiger charge is 2.08. The van der Waals surface area contributed by atoms with E-state index in [9.17, 15) is 9.59 Å². The lowest BCUT2D eigenvalue weighted by Gasteiger charge is -2.02. The maximum Gasteiger partial charge on any atom is 0.274 e. The van der Waals surface area contributed by atoms with Gasteiger partial charge >= 0.3 is 0 Å². The number of amides is 1. The van der Waals surface area contributed by atoms with Crippen LogP contribution in [0.15, 0.2) is 35.3 Å². The smallest absolute Gasteiger partial charge is 0.274 e. The first-order valence-electron chi connectivity index (χ1n) is 4.64. The molecule has 2 rings (SSSR count). The number of carbonyl (C=O) groups excluding carboxylic acids is 1. The first-order chi connectivity index (χ1) is 8.15. The lowest BCUT2D eigenvalue weighted by molar-refractivity contribution is 0.102. The number of nitrogens with zero attached hydrogens (tertiary/aromatic N) is 2. The Morgan fingerprint density at radius 3 is 2.88 bits per heavy atom. The Balaban J connectivity index is 2.20. The number of aromatic amines is 1. The summed E-state index contributed by atoms with van der Waals surface area (Å²) in [5, 5.41) is 2.63. The molecule has 0 aliphatic rings. The predicted octanol–water partition coefficient (Wildman–Crippen LogP) is 1.07. The topological polar surface area (TPSA) is 87.7 Å². The molecule has 0 aliphatic carbocycles. The van der Waals surface area contributed by atoms with Gasteiger partial charge in [-0.1, -0.05) is 17.7 Å². The summed E-state index contributed by atoms with van der Waals surface area (Å²) < 4.78 is 0. The number of nitrogens with one attached hydrogen (secondary N) is 2. The summed E-state index contributed by atoms with van der Waals surface area (Å²) in [6.07, 6.45) is 1.42. The number of aromatic nitrogens is 3. The average Bonchev–Trinajstić information content (AvgIpc) is 2.29. The quantitative estimate of drug-likeness (QED) is 0.781. The summed E-state index contributed by atoms with van der Waals surface area (Å²) in [6.45, 7) is 0. The van der Waals surface area contributed by atoms with Crippen molar-refractivity contribution in [2.24, 2.45) is 0 Å². The van der Waals surface area contributed by atoms with Gasteiger partial charge in [0.05, 0.1) is 0 Å². The third-order valence-electron chi connectivity index (χ3n) is 1.86. The molecule has 2 aromatic heterocycles. The summed E-state index contributed by atoms with van der Waals surface area (Å²) in [6, 6.07) is 5.75. The number of rotatable bonds is 2. The van der Waals surface area contributed by atoms with Crippen LogP contribution in [0.4, 0.5) is 5.95 Å². The second-order valence-electron chi connectivity index (χ2n) is 3.09.